The van der Waals surface area contributed by atoms with Crippen molar-refractivity contribution in [1.82, 2.24) is 5.32 Å². The molecule has 3 nitrogen and oxygen atoms in total. The van der Waals surface area contributed by atoms with Crippen molar-refractivity contribution in [3.05, 3.63) is 35.9 Å². The number of halogens is 3. The maximum absolute atomic E-state index is 11.2. The summed E-state index contributed by atoms with van der Waals surface area (Å²) >= 11 is 16.3. The normalized spacial score (nSPS) is 11.0. The third-order valence-corrected chi connectivity index (χ3v) is 2.22. The molecule has 1 aromatic carbocycles. The molecule has 17 heavy (non-hydrogen) atoms. The number of hydrogen-bond acceptors (Lipinski definition) is 2. The van der Waals surface area contributed by atoms with E-state index in [1.807, 2.05) is 30.3 Å². The number of carbonyl (C=O) groups is 1. The first-order chi connectivity index (χ1) is 7.97. The number of benzene rings is 1. The quantitative estimate of drug-likeness (QED) is 0.866. The van der Waals surface area contributed by atoms with Crippen molar-refractivity contribution >= 4 is 40.9 Å². The van der Waals surface area contributed by atoms with Crippen LogP contribution in [0.2, 0.25) is 0 Å². The van der Waals surface area contributed by atoms with E-state index in [1.165, 1.54) is 0 Å². The van der Waals surface area contributed by atoms with Crippen molar-refractivity contribution in [1.29, 1.82) is 0 Å². The van der Waals surface area contributed by atoms with Gasteiger partial charge in [-0.1, -0.05) is 65.1 Å². The van der Waals surface area contributed by atoms with Crippen LogP contribution in [0.25, 0.3) is 0 Å². The highest BCUT2D eigenvalue weighted by Crippen LogP contribution is 2.25. The Morgan fingerprint density at radius 1 is 1.24 bits per heavy atom. The average Bonchev–Trinajstić information content (AvgIpc) is 2.27. The standard InChI is InChI=1S/C11H12Cl3NO2/c12-11(13,14)8-17-10(16)15-7-6-9-4-2-1-3-5-9/h1-5H,6-8H2,(H,15,16). The van der Waals surface area contributed by atoms with E-state index in [0.717, 1.165) is 12.0 Å². The smallest absolute Gasteiger partial charge is 0.407 e. The summed E-state index contributed by atoms with van der Waals surface area (Å²) in [4.78, 5) is 11.2. The maximum atomic E-state index is 11.2. The minimum Gasteiger partial charge on any atom is -0.445 e. The first-order valence-corrected chi connectivity index (χ1v) is 6.12. The monoisotopic (exact) mass is 295 g/mol. The van der Waals surface area contributed by atoms with E-state index in [-0.39, 0.29) is 6.61 Å². The molecule has 6 heteroatoms. The predicted octanol–water partition coefficient (Wildman–Crippen LogP) is 3.33. The highest BCUT2D eigenvalue weighted by molar-refractivity contribution is 6.67. The fourth-order valence-electron chi connectivity index (χ4n) is 1.15. The number of amides is 1. The molecule has 0 spiro atoms. The van der Waals surface area contributed by atoms with Gasteiger partial charge in [0, 0.05) is 6.54 Å². The van der Waals surface area contributed by atoms with E-state index in [4.69, 9.17) is 39.5 Å². The lowest BCUT2D eigenvalue weighted by molar-refractivity contribution is 0.148. The van der Waals surface area contributed by atoms with Gasteiger partial charge in [0.25, 0.3) is 0 Å². The van der Waals surface area contributed by atoms with E-state index in [1.54, 1.807) is 0 Å². The molecule has 0 aliphatic carbocycles. The molecule has 0 atom stereocenters. The molecule has 1 amide bonds. The molecule has 0 unspecified atom stereocenters. The summed E-state index contributed by atoms with van der Waals surface area (Å²) in [6.45, 7) is 0.206. The summed E-state index contributed by atoms with van der Waals surface area (Å²) in [5.41, 5.74) is 1.13. The van der Waals surface area contributed by atoms with Gasteiger partial charge >= 0.3 is 6.09 Å². The van der Waals surface area contributed by atoms with Crippen LogP contribution >= 0.6 is 34.8 Å². The van der Waals surface area contributed by atoms with Gasteiger partial charge in [0.1, 0.15) is 6.61 Å². The zero-order valence-electron chi connectivity index (χ0n) is 8.96. The molecule has 0 fully saturated rings. The van der Waals surface area contributed by atoms with E-state index < -0.39 is 9.89 Å². The highest BCUT2D eigenvalue weighted by Gasteiger charge is 2.21. The zero-order valence-corrected chi connectivity index (χ0v) is 11.2. The highest BCUT2D eigenvalue weighted by atomic mass is 35.6. The summed E-state index contributed by atoms with van der Waals surface area (Å²) in [6.07, 6.45) is 0.135. The van der Waals surface area contributed by atoms with Gasteiger partial charge < -0.3 is 10.1 Å². The number of carbonyl (C=O) groups excluding carboxylic acids is 1. The van der Waals surface area contributed by atoms with Gasteiger partial charge in [-0.05, 0) is 12.0 Å². The molecule has 1 aromatic rings. The largest absolute Gasteiger partial charge is 0.445 e. The minimum absolute atomic E-state index is 0.269. The molecular weight excluding hydrogens is 284 g/mol. The van der Waals surface area contributed by atoms with Gasteiger partial charge in [0.05, 0.1) is 0 Å². The van der Waals surface area contributed by atoms with Crippen LogP contribution in [0, 0.1) is 0 Å². The average molecular weight is 297 g/mol. The van der Waals surface area contributed by atoms with Crippen molar-refractivity contribution in [2.24, 2.45) is 0 Å². The first-order valence-electron chi connectivity index (χ1n) is 4.99. The zero-order chi connectivity index (χ0) is 12.7. The topological polar surface area (TPSA) is 38.3 Å². The molecule has 0 heterocycles. The van der Waals surface area contributed by atoms with Crippen LogP contribution in [0.1, 0.15) is 5.56 Å². The summed E-state index contributed by atoms with van der Waals surface area (Å²) in [5.74, 6) is 0. The Morgan fingerprint density at radius 2 is 1.88 bits per heavy atom. The van der Waals surface area contributed by atoms with Crippen LogP contribution in [-0.4, -0.2) is 23.0 Å². The fraction of sp³-hybridized carbons (Fsp3) is 0.364. The summed E-state index contributed by atoms with van der Waals surface area (Å²) < 4.78 is 3.13. The van der Waals surface area contributed by atoms with Crippen LogP contribution in [0.5, 0.6) is 0 Å². The lowest BCUT2D eigenvalue weighted by atomic mass is 10.1. The van der Waals surface area contributed by atoms with Crippen LogP contribution < -0.4 is 5.32 Å². The van der Waals surface area contributed by atoms with Crippen molar-refractivity contribution in [2.75, 3.05) is 13.2 Å². The maximum Gasteiger partial charge on any atom is 0.407 e. The number of alkyl carbamates (subject to hydrolysis) is 1. The van der Waals surface area contributed by atoms with Crippen molar-refractivity contribution < 1.29 is 9.53 Å². The third-order valence-electron chi connectivity index (χ3n) is 1.89. The molecular formula is C11H12Cl3NO2. The van der Waals surface area contributed by atoms with Crippen LogP contribution in [0.4, 0.5) is 4.79 Å². The fourth-order valence-corrected chi connectivity index (χ4v) is 1.32. The first kappa shape index (κ1) is 14.4. The second-order valence-electron chi connectivity index (χ2n) is 3.35. The van der Waals surface area contributed by atoms with E-state index in [9.17, 15) is 4.79 Å². The molecule has 0 radical (unpaired) electrons. The van der Waals surface area contributed by atoms with Crippen molar-refractivity contribution in [3.8, 4) is 0 Å². The molecule has 1 N–H and O–H groups in total. The van der Waals surface area contributed by atoms with Gasteiger partial charge in [0.15, 0.2) is 0 Å². The Kier molecular flexibility index (Phi) is 5.89. The van der Waals surface area contributed by atoms with Crippen LogP contribution in [0.3, 0.4) is 0 Å². The van der Waals surface area contributed by atoms with Gasteiger partial charge in [0.2, 0.25) is 3.79 Å². The van der Waals surface area contributed by atoms with E-state index in [2.05, 4.69) is 5.32 Å². The Balaban J connectivity index is 2.17. The third kappa shape index (κ3) is 7.31. The number of rotatable bonds is 4. The number of nitrogens with one attached hydrogen (secondary N) is 1. The van der Waals surface area contributed by atoms with Gasteiger partial charge in [-0.2, -0.15) is 0 Å². The predicted molar refractivity (Wildman–Crippen MR) is 69.8 cm³/mol. The molecule has 0 aliphatic rings. The lowest BCUT2D eigenvalue weighted by Crippen LogP contribution is -2.29. The summed E-state index contributed by atoms with van der Waals surface area (Å²) in [5, 5.41) is 2.57. The van der Waals surface area contributed by atoms with Crippen molar-refractivity contribution in [2.45, 2.75) is 10.2 Å². The van der Waals surface area contributed by atoms with Crippen LogP contribution in [-0.2, 0) is 11.2 Å². The molecule has 0 saturated carbocycles. The Hall–Kier alpha value is -0.640. The Morgan fingerprint density at radius 3 is 2.47 bits per heavy atom. The van der Waals surface area contributed by atoms with Gasteiger partial charge in [-0.3, -0.25) is 0 Å². The SMILES string of the molecule is O=C(NCCc1ccccc1)OCC(Cl)(Cl)Cl. The molecule has 0 saturated heterocycles. The van der Waals surface area contributed by atoms with E-state index in [0.29, 0.717) is 6.54 Å². The lowest BCUT2D eigenvalue weighted by Gasteiger charge is -2.11. The van der Waals surface area contributed by atoms with Gasteiger partial charge in [-0.15, -0.1) is 0 Å². The molecule has 0 aliphatic heterocycles. The number of alkyl halides is 3. The minimum atomic E-state index is -1.57. The molecule has 1 rings (SSSR count). The second kappa shape index (κ2) is 6.94. The molecule has 0 aromatic heterocycles. The molecule has 94 valence electrons. The number of ether oxygens (including phenoxy) is 1. The van der Waals surface area contributed by atoms with Crippen molar-refractivity contribution in [3.63, 3.8) is 0 Å². The summed E-state index contributed by atoms with van der Waals surface area (Å²) in [7, 11) is 0. The second-order valence-corrected chi connectivity index (χ2v) is 5.87. The van der Waals surface area contributed by atoms with E-state index >= 15 is 0 Å². The Labute approximate surface area is 115 Å². The Bertz CT molecular complexity index is 351. The van der Waals surface area contributed by atoms with Gasteiger partial charge in [-0.25, -0.2) is 4.79 Å². The van der Waals surface area contributed by atoms with Crippen LogP contribution in [0.15, 0.2) is 30.3 Å². The molecule has 0 bridgehead atoms. The summed E-state index contributed by atoms with van der Waals surface area (Å²) in [6, 6.07) is 9.78. The number of hydrogen-bond donors (Lipinski definition) is 1.